The molecular formula is C10H23NO3P+. The molecule has 0 aromatic heterocycles. The molecule has 15 heavy (non-hydrogen) atoms. The molecular weight excluding hydrogens is 213 g/mol. The van der Waals surface area contributed by atoms with E-state index >= 15 is 0 Å². The fraction of sp³-hybridized carbons (Fsp3) is 1.00. The van der Waals surface area contributed by atoms with Crippen LogP contribution in [0.4, 0.5) is 0 Å². The number of piperidine rings is 1. The Kier molecular flexibility index (Phi) is 5.83. The molecule has 0 aliphatic carbocycles. The van der Waals surface area contributed by atoms with Gasteiger partial charge in [0.2, 0.25) is 0 Å². The molecule has 1 aliphatic heterocycles. The monoisotopic (exact) mass is 236 g/mol. The van der Waals surface area contributed by atoms with Gasteiger partial charge in [-0.25, -0.2) is 0 Å². The van der Waals surface area contributed by atoms with Crippen molar-refractivity contribution in [3.63, 3.8) is 0 Å². The van der Waals surface area contributed by atoms with Crippen molar-refractivity contribution in [1.82, 2.24) is 0 Å². The van der Waals surface area contributed by atoms with E-state index < -0.39 is 7.60 Å². The maximum absolute atomic E-state index is 12.2. The van der Waals surface area contributed by atoms with Crippen LogP contribution in [0.15, 0.2) is 0 Å². The molecule has 0 aromatic carbocycles. The van der Waals surface area contributed by atoms with Gasteiger partial charge < -0.3 is 13.9 Å². The summed E-state index contributed by atoms with van der Waals surface area (Å²) in [5.74, 6) is 0. The van der Waals surface area contributed by atoms with Crippen LogP contribution in [0.3, 0.4) is 0 Å². The lowest BCUT2D eigenvalue weighted by atomic mass is 10.1. The molecule has 1 N–H and O–H groups in total. The van der Waals surface area contributed by atoms with Crippen LogP contribution < -0.4 is 4.90 Å². The molecule has 0 amide bonds. The van der Waals surface area contributed by atoms with Gasteiger partial charge >= 0.3 is 7.60 Å². The molecule has 5 heteroatoms. The molecule has 90 valence electrons. The second kappa shape index (κ2) is 6.64. The van der Waals surface area contributed by atoms with Crippen molar-refractivity contribution in [1.29, 1.82) is 0 Å². The van der Waals surface area contributed by atoms with Gasteiger partial charge in [0.25, 0.3) is 0 Å². The minimum Gasteiger partial charge on any atom is -0.325 e. The summed E-state index contributed by atoms with van der Waals surface area (Å²) in [7, 11) is -2.82. The van der Waals surface area contributed by atoms with E-state index in [1.165, 1.54) is 24.2 Å². The Bertz CT molecular complexity index is 207. The fourth-order valence-electron chi connectivity index (χ4n) is 2.01. The molecule has 1 heterocycles. The predicted octanol–water partition coefficient (Wildman–Crippen LogP) is 1.28. The van der Waals surface area contributed by atoms with Crippen molar-refractivity contribution in [2.75, 3.05) is 32.6 Å². The van der Waals surface area contributed by atoms with E-state index in [0.29, 0.717) is 19.5 Å². The van der Waals surface area contributed by atoms with Gasteiger partial charge in [-0.1, -0.05) is 0 Å². The highest BCUT2D eigenvalue weighted by Gasteiger charge is 2.30. The van der Waals surface area contributed by atoms with Crippen LogP contribution in [0.2, 0.25) is 0 Å². The lowest BCUT2D eigenvalue weighted by Gasteiger charge is -2.26. The topological polar surface area (TPSA) is 40.0 Å². The van der Waals surface area contributed by atoms with Crippen LogP contribution in [0.1, 0.15) is 33.1 Å². The van der Waals surface area contributed by atoms with E-state index in [2.05, 4.69) is 0 Å². The second-order valence-corrected chi connectivity index (χ2v) is 5.97. The van der Waals surface area contributed by atoms with Gasteiger partial charge in [-0.2, -0.15) is 0 Å². The van der Waals surface area contributed by atoms with E-state index in [4.69, 9.17) is 9.05 Å². The maximum Gasteiger partial charge on any atom is 0.384 e. The molecule has 1 saturated heterocycles. The highest BCUT2D eigenvalue weighted by Crippen LogP contribution is 2.45. The van der Waals surface area contributed by atoms with E-state index in [9.17, 15) is 4.57 Å². The number of likely N-dealkylation sites (tertiary alicyclic amines) is 1. The molecule has 1 fully saturated rings. The highest BCUT2D eigenvalue weighted by molar-refractivity contribution is 7.53. The van der Waals surface area contributed by atoms with Crippen molar-refractivity contribution in [2.24, 2.45) is 0 Å². The van der Waals surface area contributed by atoms with Crippen LogP contribution in [0.25, 0.3) is 0 Å². The van der Waals surface area contributed by atoms with Gasteiger partial charge in [0.1, 0.15) is 0 Å². The summed E-state index contributed by atoms with van der Waals surface area (Å²) in [5, 5.41) is 0. The molecule has 0 radical (unpaired) electrons. The van der Waals surface area contributed by atoms with Crippen molar-refractivity contribution >= 4 is 7.60 Å². The van der Waals surface area contributed by atoms with Gasteiger partial charge in [-0.15, -0.1) is 0 Å². The summed E-state index contributed by atoms with van der Waals surface area (Å²) in [5.41, 5.74) is 0. The molecule has 0 spiro atoms. The zero-order valence-corrected chi connectivity index (χ0v) is 10.7. The van der Waals surface area contributed by atoms with Gasteiger partial charge in [0, 0.05) is 0 Å². The Morgan fingerprint density at radius 2 is 1.60 bits per heavy atom. The molecule has 0 unspecified atom stereocenters. The Hall–Kier alpha value is 0.110. The zero-order valence-electron chi connectivity index (χ0n) is 9.83. The second-order valence-electron chi connectivity index (χ2n) is 3.92. The molecule has 1 rings (SSSR count). The average molecular weight is 236 g/mol. The van der Waals surface area contributed by atoms with Crippen molar-refractivity contribution in [2.45, 2.75) is 33.1 Å². The van der Waals surface area contributed by atoms with Crippen molar-refractivity contribution in [3.8, 4) is 0 Å². The lowest BCUT2D eigenvalue weighted by molar-refractivity contribution is -0.894. The summed E-state index contributed by atoms with van der Waals surface area (Å²) in [6.07, 6.45) is 4.30. The van der Waals surface area contributed by atoms with Crippen LogP contribution >= 0.6 is 7.60 Å². The SMILES string of the molecule is CCOP(=O)(C[NH+]1CCCCC1)OCC. The first kappa shape index (κ1) is 13.2. The Morgan fingerprint density at radius 1 is 1.07 bits per heavy atom. The molecule has 0 saturated carbocycles. The summed E-state index contributed by atoms with van der Waals surface area (Å²) in [6, 6.07) is 0. The summed E-state index contributed by atoms with van der Waals surface area (Å²) < 4.78 is 22.8. The van der Waals surface area contributed by atoms with E-state index in [1.54, 1.807) is 0 Å². The van der Waals surface area contributed by atoms with Gasteiger partial charge in [0.15, 0.2) is 6.29 Å². The third kappa shape index (κ3) is 4.64. The van der Waals surface area contributed by atoms with Crippen LogP contribution in [-0.4, -0.2) is 32.6 Å². The van der Waals surface area contributed by atoms with Crippen LogP contribution in [0.5, 0.6) is 0 Å². The lowest BCUT2D eigenvalue weighted by Crippen LogP contribution is -3.12. The molecule has 4 nitrogen and oxygen atoms in total. The fourth-order valence-corrected chi connectivity index (χ4v) is 3.91. The minimum atomic E-state index is -2.82. The van der Waals surface area contributed by atoms with Crippen LogP contribution in [-0.2, 0) is 13.6 Å². The Balaban J connectivity index is 2.45. The zero-order chi connectivity index (χ0) is 11.1. The third-order valence-electron chi connectivity index (χ3n) is 2.63. The summed E-state index contributed by atoms with van der Waals surface area (Å²) in [6.45, 7) is 6.85. The average Bonchev–Trinajstić information content (AvgIpc) is 2.19. The third-order valence-corrected chi connectivity index (χ3v) is 4.77. The number of hydrogen-bond acceptors (Lipinski definition) is 3. The molecule has 0 bridgehead atoms. The number of rotatable bonds is 6. The maximum atomic E-state index is 12.2. The first-order chi connectivity index (χ1) is 7.20. The predicted molar refractivity (Wildman–Crippen MR) is 60.3 cm³/mol. The summed E-state index contributed by atoms with van der Waals surface area (Å²) in [4.78, 5) is 1.37. The number of hydrogen-bond donors (Lipinski definition) is 1. The smallest absolute Gasteiger partial charge is 0.325 e. The van der Waals surface area contributed by atoms with Crippen LogP contribution in [0, 0.1) is 0 Å². The van der Waals surface area contributed by atoms with Crippen molar-refractivity contribution < 1.29 is 18.5 Å². The van der Waals surface area contributed by atoms with E-state index in [1.807, 2.05) is 13.8 Å². The van der Waals surface area contributed by atoms with Crippen molar-refractivity contribution in [3.05, 3.63) is 0 Å². The quantitative estimate of drug-likeness (QED) is 0.706. The van der Waals surface area contributed by atoms with Gasteiger partial charge in [-0.05, 0) is 33.1 Å². The summed E-state index contributed by atoms with van der Waals surface area (Å²) >= 11 is 0. The first-order valence-electron chi connectivity index (χ1n) is 5.92. The number of quaternary nitrogens is 1. The Morgan fingerprint density at radius 3 is 2.07 bits per heavy atom. The van der Waals surface area contributed by atoms with E-state index in [0.717, 1.165) is 13.1 Å². The van der Waals surface area contributed by atoms with Gasteiger partial charge in [-0.3, -0.25) is 4.57 Å². The normalized spacial score (nSPS) is 19.3. The first-order valence-corrected chi connectivity index (χ1v) is 7.64. The molecule has 0 aromatic rings. The number of nitrogens with one attached hydrogen (secondary N) is 1. The van der Waals surface area contributed by atoms with E-state index in [-0.39, 0.29) is 0 Å². The molecule has 1 aliphatic rings. The largest absolute Gasteiger partial charge is 0.384 e. The highest BCUT2D eigenvalue weighted by atomic mass is 31.2. The van der Waals surface area contributed by atoms with Gasteiger partial charge in [0.05, 0.1) is 26.3 Å². The molecule has 0 atom stereocenters. The Labute approximate surface area is 92.5 Å². The standard InChI is InChI=1S/C10H22NO3P/c1-3-13-15(12,14-4-2)10-11-8-6-5-7-9-11/h3-10H2,1-2H3/p+1. The minimum absolute atomic E-state index is 0.463.